The number of nitrogens with one attached hydrogen (secondary N) is 1. The summed E-state index contributed by atoms with van der Waals surface area (Å²) in [5.41, 5.74) is 1.93. The lowest BCUT2D eigenvalue weighted by Crippen LogP contribution is -2.34. The van der Waals surface area contributed by atoms with Crippen molar-refractivity contribution >= 4 is 11.7 Å². The van der Waals surface area contributed by atoms with Gasteiger partial charge in [0.25, 0.3) is 0 Å². The molecule has 0 radical (unpaired) electrons. The lowest BCUT2D eigenvalue weighted by Gasteiger charge is -2.28. The molecule has 6 heteroatoms. The molecule has 0 unspecified atom stereocenters. The number of anilines is 1. The average molecular weight is 353 g/mol. The number of likely N-dealkylation sites (N-methyl/N-ethyl adjacent to an activating group) is 1. The van der Waals surface area contributed by atoms with Gasteiger partial charge in [0.1, 0.15) is 11.6 Å². The molecule has 1 aromatic heterocycles. The Balaban J connectivity index is 1.79. The number of carbonyl (C=O) groups is 1. The van der Waals surface area contributed by atoms with Crippen LogP contribution < -0.4 is 5.32 Å². The highest BCUT2D eigenvalue weighted by molar-refractivity contribution is 5.91. The highest BCUT2D eigenvalue weighted by Gasteiger charge is 2.21. The normalized spacial score (nSPS) is 12.2. The fraction of sp³-hybridized carbons (Fsp3) is 0.200. The minimum atomic E-state index is -0.289. The zero-order valence-electron chi connectivity index (χ0n) is 14.6. The quantitative estimate of drug-likeness (QED) is 0.733. The molecule has 1 atom stereocenters. The molecule has 2 aromatic carbocycles. The lowest BCUT2D eigenvalue weighted by atomic mass is 9.97. The van der Waals surface area contributed by atoms with Crippen LogP contribution in [0.15, 0.2) is 65.2 Å². The van der Waals surface area contributed by atoms with Gasteiger partial charge in [-0.3, -0.25) is 9.69 Å². The summed E-state index contributed by atoms with van der Waals surface area (Å²) in [5, 5.41) is 6.48. The summed E-state index contributed by atoms with van der Waals surface area (Å²) in [6, 6.07) is 17.6. The predicted molar refractivity (Wildman–Crippen MR) is 97.2 cm³/mol. The number of hydrogen-bond donors (Lipinski definition) is 1. The van der Waals surface area contributed by atoms with Crippen LogP contribution in [0.3, 0.4) is 0 Å². The Kier molecular flexibility index (Phi) is 5.43. The molecule has 0 spiro atoms. The molecule has 134 valence electrons. The van der Waals surface area contributed by atoms with Gasteiger partial charge in [-0.05, 0) is 37.2 Å². The Hall–Kier alpha value is -2.99. The third kappa shape index (κ3) is 4.34. The van der Waals surface area contributed by atoms with Gasteiger partial charge >= 0.3 is 0 Å². The molecular formula is C20H20FN3O2. The highest BCUT2D eigenvalue weighted by atomic mass is 19.1. The number of hydrogen-bond acceptors (Lipinski definition) is 4. The van der Waals surface area contributed by atoms with Crippen LogP contribution in [0.5, 0.6) is 0 Å². The van der Waals surface area contributed by atoms with Gasteiger partial charge in [0, 0.05) is 6.07 Å². The van der Waals surface area contributed by atoms with Crippen molar-refractivity contribution in [1.29, 1.82) is 0 Å². The largest absolute Gasteiger partial charge is 0.360 e. The number of aryl methyl sites for hydroxylation is 1. The first-order valence-corrected chi connectivity index (χ1v) is 8.27. The summed E-state index contributed by atoms with van der Waals surface area (Å²) in [6.45, 7) is 1.90. The van der Waals surface area contributed by atoms with Gasteiger partial charge in [0.2, 0.25) is 5.91 Å². The Morgan fingerprint density at radius 1 is 1.15 bits per heavy atom. The number of rotatable bonds is 6. The zero-order valence-corrected chi connectivity index (χ0v) is 14.6. The Bertz CT molecular complexity index is 862. The van der Waals surface area contributed by atoms with Crippen LogP contribution in [0.1, 0.15) is 22.9 Å². The Morgan fingerprint density at radius 3 is 2.42 bits per heavy atom. The smallest absolute Gasteiger partial charge is 0.239 e. The van der Waals surface area contributed by atoms with Crippen molar-refractivity contribution < 1.29 is 13.7 Å². The second-order valence-corrected chi connectivity index (χ2v) is 6.15. The van der Waals surface area contributed by atoms with Crippen molar-refractivity contribution in [2.45, 2.75) is 13.0 Å². The SMILES string of the molecule is Cc1cc(NC(=O)CN(C)[C@H](c2ccccc2)c2ccc(F)cc2)no1. The van der Waals surface area contributed by atoms with Gasteiger partial charge in [-0.2, -0.15) is 0 Å². The highest BCUT2D eigenvalue weighted by Crippen LogP contribution is 2.27. The van der Waals surface area contributed by atoms with Crippen molar-refractivity contribution in [1.82, 2.24) is 10.1 Å². The third-order valence-electron chi connectivity index (χ3n) is 4.03. The second kappa shape index (κ2) is 7.93. The number of carbonyl (C=O) groups excluding carboxylic acids is 1. The molecule has 1 heterocycles. The van der Waals surface area contributed by atoms with Gasteiger partial charge in [0.15, 0.2) is 5.82 Å². The fourth-order valence-electron chi connectivity index (χ4n) is 2.91. The molecule has 0 aliphatic carbocycles. The van der Waals surface area contributed by atoms with E-state index in [9.17, 15) is 9.18 Å². The van der Waals surface area contributed by atoms with E-state index >= 15 is 0 Å². The molecule has 5 nitrogen and oxygen atoms in total. The molecule has 1 N–H and O–H groups in total. The summed E-state index contributed by atoms with van der Waals surface area (Å²) in [5.74, 6) is 0.521. The third-order valence-corrected chi connectivity index (χ3v) is 4.03. The molecule has 0 bridgehead atoms. The van der Waals surface area contributed by atoms with E-state index in [4.69, 9.17) is 4.52 Å². The van der Waals surface area contributed by atoms with Crippen LogP contribution in [-0.4, -0.2) is 29.6 Å². The van der Waals surface area contributed by atoms with Gasteiger partial charge in [0.05, 0.1) is 12.6 Å². The number of benzene rings is 2. The van der Waals surface area contributed by atoms with E-state index in [0.717, 1.165) is 11.1 Å². The molecule has 26 heavy (non-hydrogen) atoms. The molecular weight excluding hydrogens is 333 g/mol. The maximum absolute atomic E-state index is 13.3. The molecule has 3 aromatic rings. The van der Waals surface area contributed by atoms with Crippen LogP contribution in [-0.2, 0) is 4.79 Å². The monoisotopic (exact) mass is 353 g/mol. The Morgan fingerprint density at radius 2 is 1.81 bits per heavy atom. The van der Waals surface area contributed by atoms with Crippen molar-refractivity contribution in [2.24, 2.45) is 0 Å². The van der Waals surface area contributed by atoms with Crippen LogP contribution in [0.2, 0.25) is 0 Å². The summed E-state index contributed by atoms with van der Waals surface area (Å²) in [4.78, 5) is 14.3. The van der Waals surface area contributed by atoms with E-state index < -0.39 is 0 Å². The second-order valence-electron chi connectivity index (χ2n) is 6.15. The molecule has 3 rings (SSSR count). The molecule has 0 aliphatic heterocycles. The van der Waals surface area contributed by atoms with E-state index in [-0.39, 0.29) is 24.3 Å². The number of halogens is 1. The number of amides is 1. The van der Waals surface area contributed by atoms with Gasteiger partial charge < -0.3 is 9.84 Å². The first kappa shape index (κ1) is 17.8. The molecule has 0 saturated carbocycles. The molecule has 0 saturated heterocycles. The van der Waals surface area contributed by atoms with Crippen molar-refractivity contribution in [3.8, 4) is 0 Å². The standard InChI is InChI=1S/C20H20FN3O2/c1-14-12-18(23-26-14)22-19(25)13-24(2)20(15-6-4-3-5-7-15)16-8-10-17(21)11-9-16/h3-12,20H,13H2,1-2H3,(H,22,23,25)/t20-/m1/s1. The van der Waals surface area contributed by atoms with E-state index in [1.807, 2.05) is 42.3 Å². The fourth-order valence-corrected chi connectivity index (χ4v) is 2.91. The Labute approximate surface area is 151 Å². The van der Waals surface area contributed by atoms with Crippen LogP contribution in [0, 0.1) is 12.7 Å². The summed E-state index contributed by atoms with van der Waals surface area (Å²) in [6.07, 6.45) is 0. The van der Waals surface area contributed by atoms with E-state index in [1.165, 1.54) is 12.1 Å². The van der Waals surface area contributed by atoms with Gasteiger partial charge in [-0.15, -0.1) is 0 Å². The van der Waals surface area contributed by atoms with E-state index in [2.05, 4.69) is 10.5 Å². The van der Waals surface area contributed by atoms with Crippen LogP contribution in [0.4, 0.5) is 10.2 Å². The minimum absolute atomic E-state index is 0.142. The van der Waals surface area contributed by atoms with E-state index in [1.54, 1.807) is 25.1 Å². The van der Waals surface area contributed by atoms with E-state index in [0.29, 0.717) is 11.6 Å². The zero-order chi connectivity index (χ0) is 18.5. The van der Waals surface area contributed by atoms with Crippen molar-refractivity contribution in [3.63, 3.8) is 0 Å². The average Bonchev–Trinajstić information content (AvgIpc) is 3.02. The summed E-state index contributed by atoms with van der Waals surface area (Å²) in [7, 11) is 1.86. The topological polar surface area (TPSA) is 58.4 Å². The van der Waals surface area contributed by atoms with Gasteiger partial charge in [-0.1, -0.05) is 47.6 Å². The minimum Gasteiger partial charge on any atom is -0.360 e. The number of aromatic nitrogens is 1. The van der Waals surface area contributed by atoms with Crippen LogP contribution >= 0.6 is 0 Å². The summed E-state index contributed by atoms with van der Waals surface area (Å²) < 4.78 is 18.3. The first-order valence-electron chi connectivity index (χ1n) is 8.27. The predicted octanol–water partition coefficient (Wildman–Crippen LogP) is 3.78. The number of nitrogens with zero attached hydrogens (tertiary/aromatic N) is 2. The summed E-state index contributed by atoms with van der Waals surface area (Å²) >= 11 is 0. The maximum atomic E-state index is 13.3. The molecule has 1 amide bonds. The maximum Gasteiger partial charge on any atom is 0.239 e. The molecule has 0 aliphatic rings. The van der Waals surface area contributed by atoms with Gasteiger partial charge in [-0.25, -0.2) is 4.39 Å². The lowest BCUT2D eigenvalue weighted by molar-refractivity contribution is -0.117. The molecule has 0 fully saturated rings. The van der Waals surface area contributed by atoms with Crippen molar-refractivity contribution in [2.75, 3.05) is 18.9 Å². The first-order chi connectivity index (χ1) is 12.5. The van der Waals surface area contributed by atoms with Crippen molar-refractivity contribution in [3.05, 3.63) is 83.4 Å². The van der Waals surface area contributed by atoms with Crippen LogP contribution in [0.25, 0.3) is 0 Å².